The molecule has 1 N–H and O–H groups in total. The van der Waals surface area contributed by atoms with Gasteiger partial charge in [0.25, 0.3) is 0 Å². The zero-order valence-electron chi connectivity index (χ0n) is 9.71. The van der Waals surface area contributed by atoms with E-state index < -0.39 is 0 Å². The van der Waals surface area contributed by atoms with Gasteiger partial charge in [0.05, 0.1) is 11.7 Å². The maximum atomic E-state index is 5.73. The van der Waals surface area contributed by atoms with Crippen molar-refractivity contribution in [2.24, 2.45) is 5.92 Å². The van der Waals surface area contributed by atoms with E-state index in [1.807, 2.05) is 0 Å². The topological polar surface area (TPSA) is 21.3 Å². The summed E-state index contributed by atoms with van der Waals surface area (Å²) >= 11 is 0. The smallest absolute Gasteiger partial charge is 0.142 e. The maximum Gasteiger partial charge on any atom is 0.142 e. The summed E-state index contributed by atoms with van der Waals surface area (Å²) in [6.45, 7) is 7.38. The van der Waals surface area contributed by atoms with E-state index in [9.17, 15) is 0 Å². The lowest BCUT2D eigenvalue weighted by molar-refractivity contribution is 0.257. The minimum Gasteiger partial charge on any atom is -0.489 e. The van der Waals surface area contributed by atoms with Gasteiger partial charge in [0.2, 0.25) is 0 Å². The van der Waals surface area contributed by atoms with Crippen LogP contribution in [0.4, 0.5) is 5.69 Å². The highest BCUT2D eigenvalue weighted by Crippen LogP contribution is 2.31. The fraction of sp³-hybridized carbons (Fsp3) is 0.538. The molecule has 15 heavy (non-hydrogen) atoms. The van der Waals surface area contributed by atoms with Gasteiger partial charge >= 0.3 is 0 Å². The standard InChI is InChI=1S/C13H19NO/c1-4-10-5-6-13-11(7-10)14-12(8-15-13)9(2)3/h5-7,9,12,14H,4,8H2,1-3H3. The van der Waals surface area contributed by atoms with Gasteiger partial charge in [-0.1, -0.05) is 26.8 Å². The van der Waals surface area contributed by atoms with Gasteiger partial charge in [-0.15, -0.1) is 0 Å². The number of benzene rings is 1. The first kappa shape index (κ1) is 10.3. The van der Waals surface area contributed by atoms with Gasteiger partial charge in [0, 0.05) is 0 Å². The van der Waals surface area contributed by atoms with Crippen LogP contribution in [0.1, 0.15) is 26.3 Å². The average molecular weight is 205 g/mol. The quantitative estimate of drug-likeness (QED) is 0.801. The Bertz CT molecular complexity index is 346. The molecule has 1 heterocycles. The number of hydrogen-bond acceptors (Lipinski definition) is 2. The van der Waals surface area contributed by atoms with Gasteiger partial charge in [-0.2, -0.15) is 0 Å². The molecule has 1 unspecified atom stereocenters. The van der Waals surface area contributed by atoms with E-state index in [0.29, 0.717) is 12.0 Å². The Labute approximate surface area is 91.6 Å². The highest BCUT2D eigenvalue weighted by atomic mass is 16.5. The normalized spacial score (nSPS) is 19.3. The summed E-state index contributed by atoms with van der Waals surface area (Å²) in [5.41, 5.74) is 2.51. The summed E-state index contributed by atoms with van der Waals surface area (Å²) in [6.07, 6.45) is 1.07. The predicted octanol–water partition coefficient (Wildman–Crippen LogP) is 3.08. The highest BCUT2D eigenvalue weighted by Gasteiger charge is 2.21. The SMILES string of the molecule is CCc1ccc2c(c1)NC(C(C)C)CO2. The Hall–Kier alpha value is -1.18. The van der Waals surface area contributed by atoms with Gasteiger partial charge in [-0.25, -0.2) is 0 Å². The number of ether oxygens (including phenoxy) is 1. The molecule has 0 aliphatic carbocycles. The zero-order chi connectivity index (χ0) is 10.8. The number of aryl methyl sites for hydroxylation is 1. The van der Waals surface area contributed by atoms with E-state index >= 15 is 0 Å². The van der Waals surface area contributed by atoms with Crippen LogP contribution >= 0.6 is 0 Å². The Morgan fingerprint density at radius 3 is 2.93 bits per heavy atom. The van der Waals surface area contributed by atoms with Crippen molar-refractivity contribution in [1.82, 2.24) is 0 Å². The lowest BCUT2D eigenvalue weighted by Crippen LogP contribution is -2.35. The second kappa shape index (κ2) is 4.13. The predicted molar refractivity (Wildman–Crippen MR) is 63.6 cm³/mol. The van der Waals surface area contributed by atoms with Crippen molar-refractivity contribution in [3.8, 4) is 5.75 Å². The molecule has 2 heteroatoms. The van der Waals surface area contributed by atoms with Gasteiger partial charge in [0.15, 0.2) is 0 Å². The third kappa shape index (κ3) is 2.09. The van der Waals surface area contributed by atoms with E-state index in [2.05, 4.69) is 44.3 Å². The number of nitrogens with one attached hydrogen (secondary N) is 1. The molecule has 0 radical (unpaired) electrons. The summed E-state index contributed by atoms with van der Waals surface area (Å²) in [6, 6.07) is 6.84. The fourth-order valence-electron chi connectivity index (χ4n) is 1.82. The Kier molecular flexibility index (Phi) is 2.85. The zero-order valence-corrected chi connectivity index (χ0v) is 9.71. The van der Waals surface area contributed by atoms with Crippen LogP contribution in [0.5, 0.6) is 5.75 Å². The number of hydrogen-bond donors (Lipinski definition) is 1. The molecule has 0 fully saturated rings. The van der Waals surface area contributed by atoms with Crippen molar-refractivity contribution in [3.05, 3.63) is 23.8 Å². The summed E-state index contributed by atoms with van der Waals surface area (Å²) in [7, 11) is 0. The molecule has 1 atom stereocenters. The van der Waals surface area contributed by atoms with Crippen LogP contribution in [-0.4, -0.2) is 12.6 Å². The molecule has 1 aromatic rings. The minimum absolute atomic E-state index is 0.435. The van der Waals surface area contributed by atoms with E-state index in [4.69, 9.17) is 4.74 Å². The van der Waals surface area contributed by atoms with Crippen molar-refractivity contribution < 1.29 is 4.74 Å². The summed E-state index contributed by atoms with van der Waals surface area (Å²) in [5.74, 6) is 1.59. The lowest BCUT2D eigenvalue weighted by Gasteiger charge is -2.30. The molecule has 1 aliphatic heterocycles. The molecule has 0 spiro atoms. The van der Waals surface area contributed by atoms with Crippen LogP contribution in [0.3, 0.4) is 0 Å². The Morgan fingerprint density at radius 2 is 2.27 bits per heavy atom. The number of fused-ring (bicyclic) bond motifs is 1. The molecular weight excluding hydrogens is 186 g/mol. The van der Waals surface area contributed by atoms with Gasteiger partial charge in [-0.3, -0.25) is 0 Å². The first-order valence-corrected chi connectivity index (χ1v) is 5.73. The molecule has 0 saturated carbocycles. The molecule has 0 aromatic heterocycles. The van der Waals surface area contributed by atoms with E-state index in [1.54, 1.807) is 0 Å². The van der Waals surface area contributed by atoms with Crippen molar-refractivity contribution in [3.63, 3.8) is 0 Å². The van der Waals surface area contributed by atoms with Crippen molar-refractivity contribution >= 4 is 5.69 Å². The third-order valence-corrected chi connectivity index (χ3v) is 3.02. The monoisotopic (exact) mass is 205 g/mol. The van der Waals surface area contributed by atoms with Crippen molar-refractivity contribution in [2.75, 3.05) is 11.9 Å². The van der Waals surface area contributed by atoms with Crippen molar-refractivity contribution in [1.29, 1.82) is 0 Å². The molecule has 0 bridgehead atoms. The van der Waals surface area contributed by atoms with Gasteiger partial charge < -0.3 is 10.1 Å². The van der Waals surface area contributed by atoms with E-state index in [0.717, 1.165) is 24.5 Å². The number of anilines is 1. The Morgan fingerprint density at radius 1 is 1.47 bits per heavy atom. The number of rotatable bonds is 2. The second-order valence-corrected chi connectivity index (χ2v) is 4.49. The molecule has 1 aromatic carbocycles. The van der Waals surface area contributed by atoms with Crippen molar-refractivity contribution in [2.45, 2.75) is 33.2 Å². The average Bonchev–Trinajstić information content (AvgIpc) is 2.27. The first-order valence-electron chi connectivity index (χ1n) is 5.73. The molecular formula is C13H19NO. The van der Waals surface area contributed by atoms with Gasteiger partial charge in [0.1, 0.15) is 12.4 Å². The van der Waals surface area contributed by atoms with Crippen LogP contribution in [0.15, 0.2) is 18.2 Å². The summed E-state index contributed by atoms with van der Waals surface area (Å²) < 4.78 is 5.73. The molecule has 2 nitrogen and oxygen atoms in total. The summed E-state index contributed by atoms with van der Waals surface area (Å²) in [5, 5.41) is 3.55. The first-order chi connectivity index (χ1) is 7.20. The van der Waals surface area contributed by atoms with E-state index in [1.165, 1.54) is 5.56 Å². The van der Waals surface area contributed by atoms with E-state index in [-0.39, 0.29) is 0 Å². The van der Waals surface area contributed by atoms with Crippen LogP contribution in [0.25, 0.3) is 0 Å². The maximum absolute atomic E-state index is 5.73. The molecule has 0 amide bonds. The summed E-state index contributed by atoms with van der Waals surface area (Å²) in [4.78, 5) is 0. The molecule has 2 rings (SSSR count). The van der Waals surface area contributed by atoms with Crippen LogP contribution in [0.2, 0.25) is 0 Å². The Balaban J connectivity index is 2.23. The highest BCUT2D eigenvalue weighted by molar-refractivity contribution is 5.60. The fourth-order valence-corrected chi connectivity index (χ4v) is 1.82. The molecule has 1 aliphatic rings. The van der Waals surface area contributed by atoms with Crippen LogP contribution in [-0.2, 0) is 6.42 Å². The lowest BCUT2D eigenvalue weighted by atomic mass is 10.0. The molecule has 82 valence electrons. The second-order valence-electron chi connectivity index (χ2n) is 4.49. The van der Waals surface area contributed by atoms with Gasteiger partial charge in [-0.05, 0) is 30.0 Å². The van der Waals surface area contributed by atoms with Crippen LogP contribution in [0, 0.1) is 5.92 Å². The van der Waals surface area contributed by atoms with Crippen LogP contribution < -0.4 is 10.1 Å². The minimum atomic E-state index is 0.435. The largest absolute Gasteiger partial charge is 0.489 e. The molecule has 0 saturated heterocycles. The third-order valence-electron chi connectivity index (χ3n) is 3.02.